The number of hydrogen-bond donors (Lipinski definition) is 2. The number of anilines is 2. The number of pyridine rings is 1. The van der Waals surface area contributed by atoms with E-state index in [1.807, 2.05) is 0 Å². The lowest BCUT2D eigenvalue weighted by Crippen LogP contribution is -2.15. The van der Waals surface area contributed by atoms with Gasteiger partial charge in [0.2, 0.25) is 0 Å². The first kappa shape index (κ1) is 13.4. The lowest BCUT2D eigenvalue weighted by Gasteiger charge is -2.12. The van der Waals surface area contributed by atoms with Gasteiger partial charge < -0.3 is 5.73 Å². The van der Waals surface area contributed by atoms with Gasteiger partial charge in [0.15, 0.2) is 0 Å². The van der Waals surface area contributed by atoms with Crippen LogP contribution in [0, 0.1) is 13.8 Å². The smallest absolute Gasteiger partial charge is 0.262 e. The average Bonchev–Trinajstić information content (AvgIpc) is 2.31. The van der Waals surface area contributed by atoms with Gasteiger partial charge in [-0.2, -0.15) is 0 Å². The Morgan fingerprint density at radius 2 is 1.89 bits per heavy atom. The van der Waals surface area contributed by atoms with E-state index in [9.17, 15) is 8.42 Å². The second-order valence-electron chi connectivity index (χ2n) is 4.32. The summed E-state index contributed by atoms with van der Waals surface area (Å²) in [5, 5.41) is 0. The summed E-state index contributed by atoms with van der Waals surface area (Å²) >= 11 is 0. The van der Waals surface area contributed by atoms with E-state index >= 15 is 0 Å². The van der Waals surface area contributed by atoms with Gasteiger partial charge >= 0.3 is 0 Å². The van der Waals surface area contributed by atoms with Crippen LogP contribution in [-0.2, 0) is 10.0 Å². The number of nitrogens with two attached hydrogens (primary N) is 1. The van der Waals surface area contributed by atoms with Gasteiger partial charge in [-0.15, -0.1) is 0 Å². The monoisotopic (exact) mass is 277 g/mol. The number of aryl methyl sites for hydroxylation is 2. The lowest BCUT2D eigenvalue weighted by atomic mass is 10.2. The minimum atomic E-state index is -3.62. The molecule has 1 aromatic heterocycles. The van der Waals surface area contributed by atoms with Crippen LogP contribution in [0.1, 0.15) is 11.1 Å². The van der Waals surface area contributed by atoms with Crippen molar-refractivity contribution in [2.45, 2.75) is 18.7 Å². The highest BCUT2D eigenvalue weighted by Gasteiger charge is 2.17. The highest BCUT2D eigenvalue weighted by molar-refractivity contribution is 7.92. The molecule has 0 unspecified atom stereocenters. The van der Waals surface area contributed by atoms with Crippen molar-refractivity contribution in [3.63, 3.8) is 0 Å². The minimum absolute atomic E-state index is 0.220. The average molecular weight is 277 g/mol. The maximum absolute atomic E-state index is 12.3. The van der Waals surface area contributed by atoms with Gasteiger partial charge in [0.1, 0.15) is 0 Å². The van der Waals surface area contributed by atoms with Crippen molar-refractivity contribution in [3.8, 4) is 0 Å². The van der Waals surface area contributed by atoms with Gasteiger partial charge in [-0.05, 0) is 49.2 Å². The number of nitrogens with one attached hydrogen (secondary N) is 1. The standard InChI is InChI=1S/C13H15N3O2S/c1-9-7-11(14)3-4-13(9)19(17,18)16-12-5-6-15-8-10(12)2/h3-8H,14H2,1-2H3,(H,15,16). The van der Waals surface area contributed by atoms with Crippen molar-refractivity contribution < 1.29 is 8.42 Å². The first-order chi connectivity index (χ1) is 8.90. The summed E-state index contributed by atoms with van der Waals surface area (Å²) in [5.41, 5.74) is 8.06. The Kier molecular flexibility index (Phi) is 3.44. The van der Waals surface area contributed by atoms with Crippen LogP contribution >= 0.6 is 0 Å². The van der Waals surface area contributed by atoms with E-state index in [4.69, 9.17) is 5.73 Å². The number of aromatic nitrogens is 1. The molecule has 1 aromatic carbocycles. The van der Waals surface area contributed by atoms with E-state index in [2.05, 4.69) is 9.71 Å². The van der Waals surface area contributed by atoms with E-state index in [1.165, 1.54) is 6.07 Å². The number of benzene rings is 1. The van der Waals surface area contributed by atoms with E-state index in [1.54, 1.807) is 44.4 Å². The third kappa shape index (κ3) is 2.85. The first-order valence-corrected chi connectivity index (χ1v) is 7.18. The Hall–Kier alpha value is -2.08. The fourth-order valence-electron chi connectivity index (χ4n) is 1.76. The maximum atomic E-state index is 12.3. The molecule has 100 valence electrons. The molecule has 0 saturated heterocycles. The van der Waals surface area contributed by atoms with Crippen LogP contribution in [0.25, 0.3) is 0 Å². The lowest BCUT2D eigenvalue weighted by molar-refractivity contribution is 0.600. The maximum Gasteiger partial charge on any atom is 0.262 e. The Morgan fingerprint density at radius 3 is 2.53 bits per heavy atom. The molecule has 0 amide bonds. The van der Waals surface area contributed by atoms with E-state index in [-0.39, 0.29) is 4.90 Å². The molecule has 3 N–H and O–H groups in total. The quantitative estimate of drug-likeness (QED) is 0.841. The fourth-order valence-corrected chi connectivity index (χ4v) is 3.12. The zero-order chi connectivity index (χ0) is 14.0. The molecule has 1 heterocycles. The van der Waals surface area contributed by atoms with Gasteiger partial charge in [0.25, 0.3) is 10.0 Å². The van der Waals surface area contributed by atoms with Gasteiger partial charge in [-0.25, -0.2) is 8.42 Å². The predicted molar refractivity (Wildman–Crippen MR) is 75.4 cm³/mol. The zero-order valence-corrected chi connectivity index (χ0v) is 11.5. The molecule has 0 saturated carbocycles. The summed E-state index contributed by atoms with van der Waals surface area (Å²) in [6, 6.07) is 6.33. The number of hydrogen-bond acceptors (Lipinski definition) is 4. The van der Waals surface area contributed by atoms with Crippen molar-refractivity contribution in [2.24, 2.45) is 0 Å². The first-order valence-electron chi connectivity index (χ1n) is 5.70. The van der Waals surface area contributed by atoms with Crippen molar-refractivity contribution in [1.82, 2.24) is 4.98 Å². The van der Waals surface area contributed by atoms with Crippen LogP contribution < -0.4 is 10.5 Å². The molecule has 0 atom stereocenters. The second-order valence-corrected chi connectivity index (χ2v) is 5.97. The fraction of sp³-hybridized carbons (Fsp3) is 0.154. The number of sulfonamides is 1. The molecular weight excluding hydrogens is 262 g/mol. The molecule has 5 nitrogen and oxygen atoms in total. The molecule has 0 aliphatic rings. The molecule has 6 heteroatoms. The van der Waals surface area contributed by atoms with Crippen LogP contribution in [-0.4, -0.2) is 13.4 Å². The van der Waals surface area contributed by atoms with E-state index in [0.29, 0.717) is 16.9 Å². The number of nitrogens with zero attached hydrogens (tertiary/aromatic N) is 1. The molecular formula is C13H15N3O2S. The van der Waals surface area contributed by atoms with Crippen LogP contribution in [0.5, 0.6) is 0 Å². The Labute approximate surface area is 112 Å². The van der Waals surface area contributed by atoms with Crippen LogP contribution in [0.4, 0.5) is 11.4 Å². The minimum Gasteiger partial charge on any atom is -0.399 e. The van der Waals surface area contributed by atoms with Gasteiger partial charge in [-0.3, -0.25) is 9.71 Å². The molecule has 2 aromatic rings. The summed E-state index contributed by atoms with van der Waals surface area (Å²) in [6.45, 7) is 3.50. The van der Waals surface area contributed by atoms with Crippen LogP contribution in [0.3, 0.4) is 0 Å². The molecule has 0 spiro atoms. The Balaban J connectivity index is 2.41. The van der Waals surface area contributed by atoms with Crippen molar-refractivity contribution in [2.75, 3.05) is 10.5 Å². The molecule has 0 aliphatic carbocycles. The highest BCUT2D eigenvalue weighted by atomic mass is 32.2. The largest absolute Gasteiger partial charge is 0.399 e. The third-order valence-electron chi connectivity index (χ3n) is 2.75. The summed E-state index contributed by atoms with van der Waals surface area (Å²) in [5.74, 6) is 0. The molecule has 0 bridgehead atoms. The zero-order valence-electron chi connectivity index (χ0n) is 10.7. The Bertz CT molecular complexity index is 712. The molecule has 19 heavy (non-hydrogen) atoms. The summed E-state index contributed by atoms with van der Waals surface area (Å²) in [4.78, 5) is 4.15. The van der Waals surface area contributed by atoms with Gasteiger partial charge in [0.05, 0.1) is 10.6 Å². The Morgan fingerprint density at radius 1 is 1.16 bits per heavy atom. The summed E-state index contributed by atoms with van der Waals surface area (Å²) < 4.78 is 27.2. The third-order valence-corrected chi connectivity index (χ3v) is 4.28. The molecule has 0 aliphatic heterocycles. The topological polar surface area (TPSA) is 85.1 Å². The van der Waals surface area contributed by atoms with Crippen molar-refractivity contribution in [1.29, 1.82) is 0 Å². The summed E-state index contributed by atoms with van der Waals surface area (Å²) in [7, 11) is -3.62. The van der Waals surface area contributed by atoms with Crippen LogP contribution in [0.15, 0.2) is 41.6 Å². The molecule has 0 radical (unpaired) electrons. The number of rotatable bonds is 3. The predicted octanol–water partition coefficient (Wildman–Crippen LogP) is 2.08. The molecule has 2 rings (SSSR count). The van der Waals surface area contributed by atoms with Gasteiger partial charge in [-0.1, -0.05) is 0 Å². The normalized spacial score (nSPS) is 11.3. The van der Waals surface area contributed by atoms with Crippen molar-refractivity contribution >= 4 is 21.4 Å². The van der Waals surface area contributed by atoms with Gasteiger partial charge in [0, 0.05) is 18.1 Å². The molecule has 0 fully saturated rings. The van der Waals surface area contributed by atoms with E-state index in [0.717, 1.165) is 5.56 Å². The van der Waals surface area contributed by atoms with E-state index < -0.39 is 10.0 Å². The SMILES string of the molecule is Cc1cnccc1NS(=O)(=O)c1ccc(N)cc1C. The highest BCUT2D eigenvalue weighted by Crippen LogP contribution is 2.22. The second kappa shape index (κ2) is 4.89. The summed E-state index contributed by atoms with van der Waals surface area (Å²) in [6.07, 6.45) is 3.15. The van der Waals surface area contributed by atoms with Crippen molar-refractivity contribution in [3.05, 3.63) is 47.8 Å². The number of nitrogen functional groups attached to an aromatic ring is 1. The van der Waals surface area contributed by atoms with Crippen LogP contribution in [0.2, 0.25) is 0 Å².